The molecule has 27 heavy (non-hydrogen) atoms. The molecule has 3 rings (SSSR count). The van der Waals surface area contributed by atoms with Crippen LogP contribution in [0.25, 0.3) is 0 Å². The number of rotatable bonds is 7. The van der Waals surface area contributed by atoms with Crippen molar-refractivity contribution in [2.24, 2.45) is 0 Å². The summed E-state index contributed by atoms with van der Waals surface area (Å²) < 4.78 is 5.89. The largest absolute Gasteiger partial charge is 0.365 e. The second-order valence-electron chi connectivity index (χ2n) is 7.35. The molecule has 1 aliphatic rings. The Hall–Kier alpha value is -2.17. The minimum atomic E-state index is 0.0792. The van der Waals surface area contributed by atoms with Gasteiger partial charge in [0.05, 0.1) is 13.2 Å². The molecule has 0 amide bonds. The number of hydrogen-bond donors (Lipinski definition) is 0. The highest BCUT2D eigenvalue weighted by Gasteiger charge is 2.27. The van der Waals surface area contributed by atoms with Crippen LogP contribution in [0.5, 0.6) is 0 Å². The van der Waals surface area contributed by atoms with Crippen molar-refractivity contribution in [3.05, 3.63) is 65.7 Å². The van der Waals surface area contributed by atoms with Crippen molar-refractivity contribution in [1.29, 1.82) is 0 Å². The highest BCUT2D eigenvalue weighted by Crippen LogP contribution is 2.36. The summed E-state index contributed by atoms with van der Waals surface area (Å²) in [5.41, 5.74) is 3.64. The minimum absolute atomic E-state index is 0.0792. The molecule has 1 fully saturated rings. The smallest absolute Gasteiger partial charge is 0.133 e. The average Bonchev–Trinajstić information content (AvgIpc) is 2.72. The molecule has 2 atom stereocenters. The van der Waals surface area contributed by atoms with Crippen LogP contribution in [0.15, 0.2) is 54.6 Å². The summed E-state index contributed by atoms with van der Waals surface area (Å²) in [6.45, 7) is 4.35. The molecule has 0 N–H and O–H groups in total. The molecule has 1 heterocycles. The maximum atomic E-state index is 12.4. The maximum Gasteiger partial charge on any atom is 0.133 e. The van der Waals surface area contributed by atoms with Gasteiger partial charge in [-0.1, -0.05) is 55.5 Å². The standard InChI is InChI=1S/C23H30N2O2/c1-4-19(26)16-21(18-10-6-5-7-11-18)20-12-8-9-13-22(20)25-14-15-27-23(17-25)24(2)3/h5-13,21,23H,4,14-17H2,1-3H3. The normalized spacial score (nSPS) is 18.5. The Morgan fingerprint density at radius 2 is 1.85 bits per heavy atom. The van der Waals surface area contributed by atoms with E-state index in [1.165, 1.54) is 16.8 Å². The highest BCUT2D eigenvalue weighted by molar-refractivity contribution is 5.80. The molecular weight excluding hydrogens is 336 g/mol. The van der Waals surface area contributed by atoms with E-state index in [0.717, 1.165) is 13.1 Å². The summed E-state index contributed by atoms with van der Waals surface area (Å²) in [5, 5.41) is 0. The van der Waals surface area contributed by atoms with Crippen LogP contribution in [0.3, 0.4) is 0 Å². The molecule has 144 valence electrons. The molecule has 0 saturated carbocycles. The number of ether oxygens (including phenoxy) is 1. The monoisotopic (exact) mass is 366 g/mol. The predicted molar refractivity (Wildman–Crippen MR) is 110 cm³/mol. The predicted octanol–water partition coefficient (Wildman–Crippen LogP) is 3.91. The van der Waals surface area contributed by atoms with Crippen LogP contribution in [0.1, 0.15) is 36.8 Å². The Morgan fingerprint density at radius 3 is 2.56 bits per heavy atom. The van der Waals surface area contributed by atoms with Gasteiger partial charge in [-0.3, -0.25) is 9.69 Å². The van der Waals surface area contributed by atoms with Crippen molar-refractivity contribution in [3.8, 4) is 0 Å². The summed E-state index contributed by atoms with van der Waals surface area (Å²) in [6, 6.07) is 18.9. The minimum Gasteiger partial charge on any atom is -0.365 e. The molecule has 0 spiro atoms. The molecule has 1 aliphatic heterocycles. The topological polar surface area (TPSA) is 32.8 Å². The number of carbonyl (C=O) groups is 1. The lowest BCUT2D eigenvalue weighted by Gasteiger charge is -2.39. The van der Waals surface area contributed by atoms with E-state index in [9.17, 15) is 4.79 Å². The molecular formula is C23H30N2O2. The van der Waals surface area contributed by atoms with Gasteiger partial charge in [0.25, 0.3) is 0 Å². The SMILES string of the molecule is CCC(=O)CC(c1ccccc1)c1ccccc1N1CCOC(N(C)C)C1. The number of Topliss-reactive ketones (excluding diaryl/α,β-unsaturated/α-hetero) is 1. The Balaban J connectivity index is 1.97. The number of nitrogens with zero attached hydrogens (tertiary/aromatic N) is 2. The highest BCUT2D eigenvalue weighted by atomic mass is 16.5. The number of morpholine rings is 1. The first-order valence-corrected chi connectivity index (χ1v) is 9.78. The summed E-state index contributed by atoms with van der Waals surface area (Å²) in [5.74, 6) is 0.377. The number of likely N-dealkylation sites (N-methyl/N-ethyl adjacent to an activating group) is 1. The molecule has 0 radical (unpaired) electrons. The van der Waals surface area contributed by atoms with E-state index >= 15 is 0 Å². The molecule has 0 aliphatic carbocycles. The van der Waals surface area contributed by atoms with Crippen molar-refractivity contribution in [1.82, 2.24) is 4.90 Å². The first-order valence-electron chi connectivity index (χ1n) is 9.78. The molecule has 4 nitrogen and oxygen atoms in total. The fourth-order valence-corrected chi connectivity index (χ4v) is 3.70. The van der Waals surface area contributed by atoms with Crippen LogP contribution in [0, 0.1) is 0 Å². The summed E-state index contributed by atoms with van der Waals surface area (Å²) >= 11 is 0. The summed E-state index contributed by atoms with van der Waals surface area (Å²) in [6.07, 6.45) is 1.20. The number of carbonyl (C=O) groups excluding carboxylic acids is 1. The lowest BCUT2D eigenvalue weighted by Crippen LogP contribution is -2.49. The van der Waals surface area contributed by atoms with Crippen LogP contribution in [0.4, 0.5) is 5.69 Å². The molecule has 2 unspecified atom stereocenters. The molecule has 0 bridgehead atoms. The second-order valence-corrected chi connectivity index (χ2v) is 7.35. The van der Waals surface area contributed by atoms with Crippen LogP contribution >= 0.6 is 0 Å². The average molecular weight is 367 g/mol. The van der Waals surface area contributed by atoms with Crippen molar-refractivity contribution in [2.75, 3.05) is 38.7 Å². The zero-order chi connectivity index (χ0) is 19.2. The van der Waals surface area contributed by atoms with Gasteiger partial charge in [-0.15, -0.1) is 0 Å². The van der Waals surface area contributed by atoms with Gasteiger partial charge in [0, 0.05) is 31.0 Å². The lowest BCUT2D eigenvalue weighted by molar-refractivity contribution is -0.118. The molecule has 0 aromatic heterocycles. The third kappa shape index (κ3) is 4.76. The Kier molecular flexibility index (Phi) is 6.64. The zero-order valence-corrected chi connectivity index (χ0v) is 16.6. The molecule has 2 aromatic rings. The number of benzene rings is 2. The van der Waals surface area contributed by atoms with Gasteiger partial charge in [-0.2, -0.15) is 0 Å². The van der Waals surface area contributed by atoms with Crippen LogP contribution < -0.4 is 4.90 Å². The van der Waals surface area contributed by atoms with E-state index in [1.807, 2.05) is 27.1 Å². The van der Waals surface area contributed by atoms with Crippen molar-refractivity contribution >= 4 is 11.5 Å². The van der Waals surface area contributed by atoms with Gasteiger partial charge < -0.3 is 9.64 Å². The first-order chi connectivity index (χ1) is 13.1. The third-order valence-corrected chi connectivity index (χ3v) is 5.30. The van der Waals surface area contributed by atoms with Crippen LogP contribution in [0.2, 0.25) is 0 Å². The molecule has 1 saturated heterocycles. The Labute approximate surface area is 162 Å². The number of anilines is 1. The number of para-hydroxylation sites is 1. The van der Waals surface area contributed by atoms with Gasteiger partial charge in [0.1, 0.15) is 12.0 Å². The number of ketones is 1. The maximum absolute atomic E-state index is 12.4. The van der Waals surface area contributed by atoms with Gasteiger partial charge in [0.2, 0.25) is 0 Å². The van der Waals surface area contributed by atoms with E-state index < -0.39 is 0 Å². The van der Waals surface area contributed by atoms with Gasteiger partial charge in [-0.25, -0.2) is 0 Å². The third-order valence-electron chi connectivity index (χ3n) is 5.30. The molecule has 2 aromatic carbocycles. The summed E-state index contributed by atoms with van der Waals surface area (Å²) in [7, 11) is 4.10. The number of hydrogen-bond acceptors (Lipinski definition) is 4. The van der Waals surface area contributed by atoms with Crippen molar-refractivity contribution in [3.63, 3.8) is 0 Å². The van der Waals surface area contributed by atoms with Gasteiger partial charge in [-0.05, 0) is 31.3 Å². The zero-order valence-electron chi connectivity index (χ0n) is 16.6. The van der Waals surface area contributed by atoms with E-state index in [2.05, 4.69) is 58.3 Å². The van der Waals surface area contributed by atoms with Gasteiger partial charge in [0.15, 0.2) is 0 Å². The van der Waals surface area contributed by atoms with Crippen LogP contribution in [-0.2, 0) is 9.53 Å². The summed E-state index contributed by atoms with van der Waals surface area (Å²) in [4.78, 5) is 16.9. The fourth-order valence-electron chi connectivity index (χ4n) is 3.70. The van der Waals surface area contributed by atoms with Gasteiger partial charge >= 0.3 is 0 Å². The fraction of sp³-hybridized carbons (Fsp3) is 0.435. The second kappa shape index (κ2) is 9.16. The van der Waals surface area contributed by atoms with E-state index in [4.69, 9.17) is 4.74 Å². The van der Waals surface area contributed by atoms with Crippen molar-refractivity contribution < 1.29 is 9.53 Å². The molecule has 4 heteroatoms. The van der Waals surface area contributed by atoms with E-state index in [-0.39, 0.29) is 12.1 Å². The Morgan fingerprint density at radius 1 is 1.15 bits per heavy atom. The van der Waals surface area contributed by atoms with Crippen molar-refractivity contribution in [2.45, 2.75) is 31.9 Å². The van der Waals surface area contributed by atoms with E-state index in [0.29, 0.717) is 25.2 Å². The lowest BCUT2D eigenvalue weighted by atomic mass is 9.85. The first kappa shape index (κ1) is 19.6. The Bertz CT molecular complexity index is 745. The quantitative estimate of drug-likeness (QED) is 0.744. The van der Waals surface area contributed by atoms with Crippen LogP contribution in [-0.4, -0.2) is 50.7 Å². The van der Waals surface area contributed by atoms with E-state index in [1.54, 1.807) is 0 Å².